The first-order valence-electron chi connectivity index (χ1n) is 12.3. The Morgan fingerprint density at radius 3 is 2.20 bits per heavy atom. The number of benzene rings is 4. The molecule has 3 amide bonds. The summed E-state index contributed by atoms with van der Waals surface area (Å²) in [5.74, 6) is -0.806. The molecule has 0 radical (unpaired) electrons. The van der Waals surface area contributed by atoms with E-state index in [1.165, 1.54) is 0 Å². The Kier molecular flexibility index (Phi) is 8.15. The lowest BCUT2D eigenvalue weighted by Gasteiger charge is -2.15. The number of amides is 3. The molecule has 0 aliphatic carbocycles. The van der Waals surface area contributed by atoms with Gasteiger partial charge in [0, 0.05) is 22.0 Å². The average Bonchev–Trinajstić information content (AvgIpc) is 3.17. The molecule has 2 N–H and O–H groups in total. The highest BCUT2D eigenvalue weighted by Gasteiger charge is 2.37. The minimum Gasteiger partial charge on any atom is -0.489 e. The Balaban J connectivity index is 1.20. The molecule has 200 valence electrons. The van der Waals surface area contributed by atoms with Gasteiger partial charge in [-0.2, -0.15) is 0 Å². The lowest BCUT2D eigenvalue weighted by molar-refractivity contribution is -0.138. The zero-order chi connectivity index (χ0) is 28.1. The van der Waals surface area contributed by atoms with Gasteiger partial charge in [-0.3, -0.25) is 19.3 Å². The first-order chi connectivity index (χ1) is 19.4. The number of rotatable bonds is 9. The van der Waals surface area contributed by atoms with Gasteiger partial charge in [-0.05, 0) is 65.7 Å². The summed E-state index contributed by atoms with van der Waals surface area (Å²) in [4.78, 5) is 39.6. The van der Waals surface area contributed by atoms with E-state index in [-0.39, 0.29) is 23.2 Å². The number of nitrogens with zero attached hydrogens (tertiary/aromatic N) is 1. The molecule has 9 heteroatoms. The molecule has 0 bridgehead atoms. The summed E-state index contributed by atoms with van der Waals surface area (Å²) < 4.78 is 5.79. The maximum Gasteiger partial charge on any atom is 0.279 e. The van der Waals surface area contributed by atoms with Crippen LogP contribution in [0.5, 0.6) is 5.75 Å². The van der Waals surface area contributed by atoms with E-state index in [1.807, 2.05) is 42.5 Å². The molecule has 1 aliphatic rings. The summed E-state index contributed by atoms with van der Waals surface area (Å²) in [6.45, 7) is 0.495. The maximum absolute atomic E-state index is 13.0. The van der Waals surface area contributed by atoms with Gasteiger partial charge in [-0.25, -0.2) is 0 Å². The lowest BCUT2D eigenvalue weighted by atomic mass is 10.1. The normalized spacial score (nSPS) is 13.0. The van der Waals surface area contributed by atoms with Crippen molar-refractivity contribution in [2.75, 3.05) is 10.6 Å². The van der Waals surface area contributed by atoms with E-state index in [0.717, 1.165) is 16.0 Å². The van der Waals surface area contributed by atoms with Crippen molar-refractivity contribution in [2.24, 2.45) is 0 Å². The van der Waals surface area contributed by atoms with Crippen molar-refractivity contribution in [1.29, 1.82) is 0 Å². The lowest BCUT2D eigenvalue weighted by Crippen LogP contribution is -2.31. The molecule has 0 aromatic heterocycles. The number of halogens is 2. The summed E-state index contributed by atoms with van der Waals surface area (Å²) in [6.07, 6.45) is 0. The highest BCUT2D eigenvalue weighted by Crippen LogP contribution is 2.27. The highest BCUT2D eigenvalue weighted by atomic mass is 35.5. The number of carbonyl (C=O) groups excluding carboxylic acids is 3. The summed E-state index contributed by atoms with van der Waals surface area (Å²) in [5.41, 5.74) is 3.13. The number of hydrogen-bond acceptors (Lipinski definition) is 5. The molecule has 40 heavy (non-hydrogen) atoms. The van der Waals surface area contributed by atoms with E-state index in [4.69, 9.17) is 27.9 Å². The quantitative estimate of drug-likeness (QED) is 0.221. The van der Waals surface area contributed by atoms with Gasteiger partial charge in [0.05, 0.1) is 6.54 Å². The Labute approximate surface area is 241 Å². The smallest absolute Gasteiger partial charge is 0.279 e. The number of anilines is 2. The van der Waals surface area contributed by atoms with Gasteiger partial charge in [0.1, 0.15) is 23.1 Å². The third-order valence-corrected chi connectivity index (χ3v) is 6.72. The van der Waals surface area contributed by atoms with E-state index in [9.17, 15) is 14.4 Å². The molecule has 4 aromatic carbocycles. The van der Waals surface area contributed by atoms with Gasteiger partial charge >= 0.3 is 0 Å². The van der Waals surface area contributed by atoms with Crippen LogP contribution in [0.2, 0.25) is 5.02 Å². The summed E-state index contributed by atoms with van der Waals surface area (Å²) in [7, 11) is 0. The summed E-state index contributed by atoms with van der Waals surface area (Å²) in [6, 6.07) is 30.1. The fraction of sp³-hybridized carbons (Fsp3) is 0.0645. The third-order valence-electron chi connectivity index (χ3n) is 6.12. The van der Waals surface area contributed by atoms with E-state index >= 15 is 0 Å². The van der Waals surface area contributed by atoms with Crippen LogP contribution < -0.4 is 15.4 Å². The Morgan fingerprint density at radius 1 is 0.750 bits per heavy atom. The zero-order valence-electron chi connectivity index (χ0n) is 21.1. The minimum atomic E-state index is -0.576. The van der Waals surface area contributed by atoms with Gasteiger partial charge in [-0.1, -0.05) is 71.7 Å². The second-order valence-electron chi connectivity index (χ2n) is 8.97. The van der Waals surface area contributed by atoms with Crippen molar-refractivity contribution in [2.45, 2.75) is 13.2 Å². The van der Waals surface area contributed by atoms with Crippen LogP contribution in [-0.4, -0.2) is 22.6 Å². The fourth-order valence-electron chi connectivity index (χ4n) is 4.03. The van der Waals surface area contributed by atoms with Crippen molar-refractivity contribution in [1.82, 2.24) is 4.90 Å². The molecule has 0 fully saturated rings. The van der Waals surface area contributed by atoms with Crippen LogP contribution in [0.3, 0.4) is 0 Å². The molecule has 0 spiro atoms. The van der Waals surface area contributed by atoms with Crippen molar-refractivity contribution in [3.8, 4) is 5.75 Å². The van der Waals surface area contributed by atoms with Crippen molar-refractivity contribution >= 4 is 52.3 Å². The number of ether oxygens (including phenoxy) is 1. The molecule has 0 saturated carbocycles. The second kappa shape index (κ2) is 12.1. The topological polar surface area (TPSA) is 87.7 Å². The Bertz CT molecular complexity index is 1590. The molecular formula is C31H23Cl2N3O4. The van der Waals surface area contributed by atoms with Crippen LogP contribution in [0.1, 0.15) is 21.5 Å². The number of imide groups is 1. The van der Waals surface area contributed by atoms with E-state index < -0.39 is 11.8 Å². The Morgan fingerprint density at radius 2 is 1.48 bits per heavy atom. The van der Waals surface area contributed by atoms with Crippen molar-refractivity contribution in [3.63, 3.8) is 0 Å². The number of hydrogen-bond donors (Lipinski definition) is 2. The monoisotopic (exact) mass is 571 g/mol. The molecular weight excluding hydrogens is 549 g/mol. The highest BCUT2D eigenvalue weighted by molar-refractivity contribution is 6.48. The van der Waals surface area contributed by atoms with Crippen molar-refractivity contribution in [3.05, 3.63) is 136 Å². The maximum atomic E-state index is 13.0. The van der Waals surface area contributed by atoms with Gasteiger partial charge in [0.15, 0.2) is 0 Å². The van der Waals surface area contributed by atoms with Gasteiger partial charge < -0.3 is 15.4 Å². The number of carbonyl (C=O) groups is 3. The summed E-state index contributed by atoms with van der Waals surface area (Å²) in [5, 5.41) is 6.22. The molecule has 7 nitrogen and oxygen atoms in total. The van der Waals surface area contributed by atoms with E-state index in [2.05, 4.69) is 10.6 Å². The molecule has 0 atom stereocenters. The standard InChI is InChI=1S/C31H23Cl2N3O4/c32-23-11-9-21(10-12-23)19-40-26-15-13-24(14-16-26)35-29(37)22-7-4-8-25(17-22)34-28-27(33)30(38)36(31(28)39)18-20-5-2-1-3-6-20/h1-17,34H,18-19H2,(H,35,37). The van der Waals surface area contributed by atoms with Crippen LogP contribution in [0.15, 0.2) is 114 Å². The summed E-state index contributed by atoms with van der Waals surface area (Å²) >= 11 is 12.1. The molecule has 4 aromatic rings. The average molecular weight is 572 g/mol. The largest absolute Gasteiger partial charge is 0.489 e. The van der Waals surface area contributed by atoms with E-state index in [1.54, 1.807) is 60.7 Å². The minimum absolute atomic E-state index is 0.0330. The molecule has 5 rings (SSSR count). The van der Waals surface area contributed by atoms with Gasteiger partial charge in [0.2, 0.25) is 0 Å². The molecule has 1 aliphatic heterocycles. The first kappa shape index (κ1) is 27.0. The second-order valence-corrected chi connectivity index (χ2v) is 9.78. The zero-order valence-corrected chi connectivity index (χ0v) is 22.6. The predicted octanol–water partition coefficient (Wildman–Crippen LogP) is 6.60. The number of nitrogens with one attached hydrogen (secondary N) is 2. The third kappa shape index (κ3) is 6.34. The predicted molar refractivity (Wildman–Crippen MR) is 155 cm³/mol. The van der Waals surface area contributed by atoms with Crippen LogP contribution in [0.4, 0.5) is 11.4 Å². The first-order valence-corrected chi connectivity index (χ1v) is 13.1. The van der Waals surface area contributed by atoms with Crippen LogP contribution in [0.25, 0.3) is 0 Å². The van der Waals surface area contributed by atoms with Crippen molar-refractivity contribution < 1.29 is 19.1 Å². The van der Waals surface area contributed by atoms with Crippen LogP contribution in [0, 0.1) is 0 Å². The molecule has 0 saturated heterocycles. The van der Waals surface area contributed by atoms with Crippen LogP contribution >= 0.6 is 23.2 Å². The molecule has 1 heterocycles. The fourth-order valence-corrected chi connectivity index (χ4v) is 4.39. The SMILES string of the molecule is O=C(Nc1ccc(OCc2ccc(Cl)cc2)cc1)c1cccc(NC2=C(Cl)C(=O)N(Cc3ccccc3)C2=O)c1. The van der Waals surface area contributed by atoms with Crippen LogP contribution in [-0.2, 0) is 22.7 Å². The Hall–Kier alpha value is -4.59. The van der Waals surface area contributed by atoms with E-state index in [0.29, 0.717) is 34.3 Å². The van der Waals surface area contributed by atoms with Gasteiger partial charge in [-0.15, -0.1) is 0 Å². The molecule has 0 unspecified atom stereocenters. The van der Waals surface area contributed by atoms with Gasteiger partial charge in [0.25, 0.3) is 17.7 Å².